The van der Waals surface area contributed by atoms with Crippen molar-refractivity contribution in [2.24, 2.45) is 10.7 Å². The Balaban J connectivity index is 0.00000220. The average molecular weight is 402 g/mol. The third-order valence-corrected chi connectivity index (χ3v) is 3.40. The highest BCUT2D eigenvalue weighted by molar-refractivity contribution is 14.0. The number of carbonyl (C=O) groups excluding carboxylic acids is 1. The third-order valence-electron chi connectivity index (χ3n) is 3.40. The second-order valence-corrected chi connectivity index (χ2v) is 5.21. The number of nitrogens with two attached hydrogens (primary N) is 1. The van der Waals surface area contributed by atoms with Crippen molar-refractivity contribution >= 4 is 41.5 Å². The number of benzene rings is 1. The Hall–Kier alpha value is -1.31. The Morgan fingerprint density at radius 1 is 1.38 bits per heavy atom. The lowest BCUT2D eigenvalue weighted by Gasteiger charge is -2.16. The minimum absolute atomic E-state index is 0. The number of aliphatic imine (C=N–C) groups is 1. The average Bonchev–Trinajstić information content (AvgIpc) is 3.23. The minimum Gasteiger partial charge on any atom is -0.370 e. The fourth-order valence-electron chi connectivity index (χ4n) is 2.02. The number of amides is 1. The number of hydrogen-bond donors (Lipinski definition) is 2. The van der Waals surface area contributed by atoms with Crippen LogP contribution in [-0.2, 0) is 11.2 Å². The van der Waals surface area contributed by atoms with Crippen molar-refractivity contribution in [1.29, 1.82) is 0 Å². The molecule has 0 saturated heterocycles. The number of carbonyl (C=O) groups is 1. The van der Waals surface area contributed by atoms with Crippen LogP contribution in [0.2, 0.25) is 0 Å². The lowest BCUT2D eigenvalue weighted by atomic mass is 10.1. The summed E-state index contributed by atoms with van der Waals surface area (Å²) < 4.78 is 0. The van der Waals surface area contributed by atoms with Crippen LogP contribution in [0.5, 0.6) is 0 Å². The molecule has 1 aliphatic rings. The molecule has 5 nitrogen and oxygen atoms in total. The Labute approximate surface area is 143 Å². The molecule has 1 aromatic rings. The van der Waals surface area contributed by atoms with Crippen molar-refractivity contribution in [2.75, 3.05) is 18.9 Å². The molecule has 0 radical (unpaired) electrons. The highest BCUT2D eigenvalue weighted by Crippen LogP contribution is 2.24. The Kier molecular flexibility index (Phi) is 6.94. The molecular weight excluding hydrogens is 379 g/mol. The molecule has 1 aliphatic carbocycles. The van der Waals surface area contributed by atoms with E-state index in [1.54, 1.807) is 0 Å². The van der Waals surface area contributed by atoms with Crippen LogP contribution in [-0.4, -0.2) is 36.4 Å². The molecule has 0 unspecified atom stereocenters. The monoisotopic (exact) mass is 402 g/mol. The summed E-state index contributed by atoms with van der Waals surface area (Å²) in [7, 11) is 2.00. The quantitative estimate of drug-likeness (QED) is 0.451. The van der Waals surface area contributed by atoms with Gasteiger partial charge in [-0.1, -0.05) is 12.1 Å². The molecule has 6 heteroatoms. The fraction of sp³-hybridized carbons (Fsp3) is 0.467. The summed E-state index contributed by atoms with van der Waals surface area (Å²) in [6.07, 6.45) is 3.29. The van der Waals surface area contributed by atoms with E-state index in [1.165, 1.54) is 25.3 Å². The molecule has 1 saturated carbocycles. The molecular formula is C15H23IN4O. The summed E-state index contributed by atoms with van der Waals surface area (Å²) in [5, 5.41) is 2.75. The molecule has 1 fully saturated rings. The van der Waals surface area contributed by atoms with E-state index in [9.17, 15) is 4.79 Å². The van der Waals surface area contributed by atoms with Crippen LogP contribution in [0.15, 0.2) is 29.3 Å². The van der Waals surface area contributed by atoms with Gasteiger partial charge in [-0.15, -0.1) is 24.0 Å². The second-order valence-electron chi connectivity index (χ2n) is 5.21. The van der Waals surface area contributed by atoms with E-state index in [4.69, 9.17) is 5.73 Å². The summed E-state index contributed by atoms with van der Waals surface area (Å²) in [4.78, 5) is 17.4. The number of halogens is 1. The van der Waals surface area contributed by atoms with Crippen LogP contribution in [0.25, 0.3) is 0 Å². The van der Waals surface area contributed by atoms with Gasteiger partial charge in [0.15, 0.2) is 5.96 Å². The van der Waals surface area contributed by atoms with Crippen molar-refractivity contribution in [2.45, 2.75) is 32.2 Å². The summed E-state index contributed by atoms with van der Waals surface area (Å²) in [5.74, 6) is 0.570. The van der Waals surface area contributed by atoms with E-state index in [2.05, 4.69) is 15.2 Å². The second kappa shape index (κ2) is 8.21. The van der Waals surface area contributed by atoms with Gasteiger partial charge in [0, 0.05) is 32.2 Å². The molecule has 0 aliphatic heterocycles. The molecule has 2 rings (SSSR count). The number of guanidine groups is 1. The summed E-state index contributed by atoms with van der Waals surface area (Å²) in [5.41, 5.74) is 7.93. The summed E-state index contributed by atoms with van der Waals surface area (Å²) in [6, 6.07) is 8.40. The maximum absolute atomic E-state index is 10.9. The predicted octanol–water partition coefficient (Wildman–Crippen LogP) is 2.21. The normalized spacial score (nSPS) is 14.3. The van der Waals surface area contributed by atoms with E-state index in [1.807, 2.05) is 31.3 Å². The molecule has 3 N–H and O–H groups in total. The van der Waals surface area contributed by atoms with Crippen LogP contribution >= 0.6 is 24.0 Å². The van der Waals surface area contributed by atoms with Gasteiger partial charge in [-0.05, 0) is 37.0 Å². The number of rotatable bonds is 5. The zero-order chi connectivity index (χ0) is 14.5. The molecule has 1 aromatic carbocycles. The molecule has 0 aromatic heterocycles. The van der Waals surface area contributed by atoms with Gasteiger partial charge in [0.05, 0.1) is 0 Å². The van der Waals surface area contributed by atoms with Gasteiger partial charge >= 0.3 is 0 Å². The first-order chi connectivity index (χ1) is 9.56. The van der Waals surface area contributed by atoms with E-state index < -0.39 is 0 Å². The molecule has 0 atom stereocenters. The highest BCUT2D eigenvalue weighted by atomic mass is 127. The zero-order valence-electron chi connectivity index (χ0n) is 12.5. The Bertz CT molecular complexity index is 497. The molecule has 116 valence electrons. The van der Waals surface area contributed by atoms with Gasteiger partial charge in [0.1, 0.15) is 0 Å². The largest absolute Gasteiger partial charge is 0.370 e. The van der Waals surface area contributed by atoms with E-state index in [0.717, 1.165) is 12.1 Å². The molecule has 0 bridgehead atoms. The van der Waals surface area contributed by atoms with Gasteiger partial charge < -0.3 is 16.0 Å². The first-order valence-electron chi connectivity index (χ1n) is 6.95. The molecule has 0 spiro atoms. The van der Waals surface area contributed by atoms with Gasteiger partial charge in [0.2, 0.25) is 5.91 Å². The smallest absolute Gasteiger partial charge is 0.221 e. The van der Waals surface area contributed by atoms with Crippen molar-refractivity contribution in [3.63, 3.8) is 0 Å². The van der Waals surface area contributed by atoms with Crippen LogP contribution < -0.4 is 11.1 Å². The summed E-state index contributed by atoms with van der Waals surface area (Å²) in [6.45, 7) is 2.18. The molecule has 21 heavy (non-hydrogen) atoms. The van der Waals surface area contributed by atoms with Crippen LogP contribution in [0, 0.1) is 0 Å². The minimum atomic E-state index is -0.0572. The van der Waals surface area contributed by atoms with E-state index >= 15 is 0 Å². The van der Waals surface area contributed by atoms with Gasteiger partial charge in [-0.2, -0.15) is 0 Å². The fourth-order valence-corrected chi connectivity index (χ4v) is 2.02. The lowest BCUT2D eigenvalue weighted by Crippen LogP contribution is -2.35. The molecule has 1 amide bonds. The maximum Gasteiger partial charge on any atom is 0.221 e. The van der Waals surface area contributed by atoms with Crippen molar-refractivity contribution < 1.29 is 4.79 Å². The number of anilines is 1. The first-order valence-corrected chi connectivity index (χ1v) is 6.95. The maximum atomic E-state index is 10.9. The van der Waals surface area contributed by atoms with E-state index in [-0.39, 0.29) is 29.9 Å². The van der Waals surface area contributed by atoms with Crippen LogP contribution in [0.1, 0.15) is 25.3 Å². The SMILES string of the molecule is CC(=O)Nc1ccc(CCN=C(N)N(C)C2CC2)cc1.I. The molecule has 0 heterocycles. The first kappa shape index (κ1) is 17.7. The standard InChI is InChI=1S/C15H22N4O.HI/c1-11(20)18-13-5-3-12(4-6-13)9-10-17-15(16)19(2)14-7-8-14;/h3-6,14H,7-10H2,1-2H3,(H2,16,17)(H,18,20);1H. The predicted molar refractivity (Wildman–Crippen MR) is 97.1 cm³/mol. The number of hydrogen-bond acceptors (Lipinski definition) is 2. The zero-order valence-corrected chi connectivity index (χ0v) is 14.8. The Morgan fingerprint density at radius 2 is 2.00 bits per heavy atom. The lowest BCUT2D eigenvalue weighted by molar-refractivity contribution is -0.114. The van der Waals surface area contributed by atoms with Gasteiger partial charge in [-0.25, -0.2) is 0 Å². The van der Waals surface area contributed by atoms with Crippen LogP contribution in [0.3, 0.4) is 0 Å². The van der Waals surface area contributed by atoms with Crippen molar-refractivity contribution in [1.82, 2.24) is 4.90 Å². The van der Waals surface area contributed by atoms with Gasteiger partial charge in [-0.3, -0.25) is 9.79 Å². The number of nitrogens with one attached hydrogen (secondary N) is 1. The topological polar surface area (TPSA) is 70.7 Å². The number of nitrogens with zero attached hydrogens (tertiary/aromatic N) is 2. The van der Waals surface area contributed by atoms with E-state index in [0.29, 0.717) is 18.5 Å². The van der Waals surface area contributed by atoms with Crippen LogP contribution in [0.4, 0.5) is 5.69 Å². The third kappa shape index (κ3) is 5.91. The van der Waals surface area contributed by atoms with Crippen molar-refractivity contribution in [3.8, 4) is 0 Å². The summed E-state index contributed by atoms with van der Waals surface area (Å²) >= 11 is 0. The Morgan fingerprint density at radius 3 is 2.52 bits per heavy atom. The van der Waals surface area contributed by atoms with Crippen molar-refractivity contribution in [3.05, 3.63) is 29.8 Å². The van der Waals surface area contributed by atoms with Gasteiger partial charge in [0.25, 0.3) is 0 Å². The highest BCUT2D eigenvalue weighted by Gasteiger charge is 2.27.